The fourth-order valence-corrected chi connectivity index (χ4v) is 3.09. The number of aliphatic hydroxyl groups is 1. The van der Waals surface area contributed by atoms with Crippen LogP contribution in [-0.4, -0.2) is 16.7 Å². The van der Waals surface area contributed by atoms with Crippen molar-refractivity contribution in [3.05, 3.63) is 71.2 Å². The lowest BCUT2D eigenvalue weighted by Crippen LogP contribution is -2.14. The molecule has 1 heterocycles. The number of nitrogens with zero attached hydrogens (tertiary/aromatic N) is 1. The van der Waals surface area contributed by atoms with E-state index in [1.165, 1.54) is 11.3 Å². The quantitative estimate of drug-likeness (QED) is 0.728. The summed E-state index contributed by atoms with van der Waals surface area (Å²) >= 11 is 1.50. The largest absolute Gasteiger partial charge is 0.488 e. The Kier molecular flexibility index (Phi) is 5.02. The van der Waals surface area contributed by atoms with Gasteiger partial charge in [-0.1, -0.05) is 42.5 Å². The van der Waals surface area contributed by atoms with Crippen LogP contribution in [0.25, 0.3) is 10.6 Å². The van der Waals surface area contributed by atoms with E-state index in [1.54, 1.807) is 0 Å². The summed E-state index contributed by atoms with van der Waals surface area (Å²) in [6.07, 6.45) is 0. The van der Waals surface area contributed by atoms with Crippen molar-refractivity contribution in [2.24, 2.45) is 5.73 Å². The molecule has 3 N–H and O–H groups in total. The Balaban J connectivity index is 1.81. The Labute approximate surface area is 139 Å². The van der Waals surface area contributed by atoms with Crippen molar-refractivity contribution in [2.75, 3.05) is 6.61 Å². The molecule has 0 aliphatic carbocycles. The Morgan fingerprint density at radius 1 is 1.09 bits per heavy atom. The van der Waals surface area contributed by atoms with Gasteiger partial charge in [0.2, 0.25) is 0 Å². The summed E-state index contributed by atoms with van der Waals surface area (Å²) in [5.74, 6) is 0.787. The molecule has 0 aliphatic rings. The molecule has 0 amide bonds. The number of hydrogen-bond acceptors (Lipinski definition) is 5. The molecule has 0 fully saturated rings. The maximum absolute atomic E-state index is 9.15. The molecule has 118 valence electrons. The number of rotatable bonds is 6. The third-order valence-electron chi connectivity index (χ3n) is 3.45. The van der Waals surface area contributed by atoms with Crippen molar-refractivity contribution in [1.82, 2.24) is 4.98 Å². The lowest BCUT2D eigenvalue weighted by molar-refractivity contribution is 0.266. The van der Waals surface area contributed by atoms with Gasteiger partial charge in [-0.3, -0.25) is 0 Å². The molecule has 0 aliphatic heterocycles. The van der Waals surface area contributed by atoms with E-state index in [0.717, 1.165) is 21.9 Å². The van der Waals surface area contributed by atoms with Crippen LogP contribution in [0.4, 0.5) is 0 Å². The average molecular weight is 326 g/mol. The summed E-state index contributed by atoms with van der Waals surface area (Å²) in [6.45, 7) is 0.390. The van der Waals surface area contributed by atoms with Gasteiger partial charge in [-0.05, 0) is 17.7 Å². The molecule has 0 spiro atoms. The van der Waals surface area contributed by atoms with Crippen LogP contribution in [0, 0.1) is 0 Å². The zero-order chi connectivity index (χ0) is 16.1. The van der Waals surface area contributed by atoms with Gasteiger partial charge >= 0.3 is 0 Å². The summed E-state index contributed by atoms with van der Waals surface area (Å²) in [4.78, 5) is 4.52. The first-order valence-corrected chi connectivity index (χ1v) is 8.24. The van der Waals surface area contributed by atoms with Gasteiger partial charge in [0.25, 0.3) is 0 Å². The molecule has 5 heteroatoms. The van der Waals surface area contributed by atoms with Crippen molar-refractivity contribution in [3.63, 3.8) is 0 Å². The first-order valence-electron chi connectivity index (χ1n) is 7.36. The van der Waals surface area contributed by atoms with E-state index in [4.69, 9.17) is 15.6 Å². The Bertz CT molecular complexity index is 758. The van der Waals surface area contributed by atoms with Crippen LogP contribution < -0.4 is 10.5 Å². The van der Waals surface area contributed by atoms with Crippen LogP contribution in [0.1, 0.15) is 17.3 Å². The summed E-state index contributed by atoms with van der Waals surface area (Å²) in [5.41, 5.74) is 8.57. The van der Waals surface area contributed by atoms with Gasteiger partial charge in [0.1, 0.15) is 17.4 Å². The number of benzene rings is 2. The molecular formula is C18H18N2O2S. The van der Waals surface area contributed by atoms with Crippen LogP contribution in [0.2, 0.25) is 0 Å². The molecule has 23 heavy (non-hydrogen) atoms. The number of thiazole rings is 1. The molecule has 0 saturated heterocycles. The van der Waals surface area contributed by atoms with Crippen LogP contribution in [-0.2, 0) is 6.61 Å². The first-order chi connectivity index (χ1) is 11.3. The number of hydrogen-bond donors (Lipinski definition) is 2. The van der Waals surface area contributed by atoms with Gasteiger partial charge in [0.15, 0.2) is 0 Å². The zero-order valence-electron chi connectivity index (χ0n) is 12.6. The van der Waals surface area contributed by atoms with Gasteiger partial charge < -0.3 is 15.6 Å². The van der Waals surface area contributed by atoms with Crippen molar-refractivity contribution < 1.29 is 9.84 Å². The first kappa shape index (κ1) is 15.7. The van der Waals surface area contributed by atoms with Gasteiger partial charge in [-0.2, -0.15) is 0 Å². The number of aliphatic hydroxyl groups excluding tert-OH is 1. The molecule has 3 rings (SSSR count). The van der Waals surface area contributed by atoms with Gasteiger partial charge in [0, 0.05) is 5.38 Å². The molecular weight excluding hydrogens is 308 g/mol. The summed E-state index contributed by atoms with van der Waals surface area (Å²) in [7, 11) is 0. The topological polar surface area (TPSA) is 68.4 Å². The van der Waals surface area contributed by atoms with E-state index in [9.17, 15) is 0 Å². The maximum atomic E-state index is 9.15. The lowest BCUT2D eigenvalue weighted by Gasteiger charge is -2.10. The Morgan fingerprint density at radius 3 is 2.61 bits per heavy atom. The lowest BCUT2D eigenvalue weighted by atomic mass is 10.2. The van der Waals surface area contributed by atoms with Crippen molar-refractivity contribution >= 4 is 11.3 Å². The van der Waals surface area contributed by atoms with Gasteiger partial charge in [0.05, 0.1) is 23.9 Å². The predicted octanol–water partition coefficient (Wildman–Crippen LogP) is 3.38. The van der Waals surface area contributed by atoms with Crippen LogP contribution >= 0.6 is 11.3 Å². The van der Waals surface area contributed by atoms with Crippen LogP contribution in [0.15, 0.2) is 60.0 Å². The minimum absolute atomic E-state index is 0.116. The minimum Gasteiger partial charge on any atom is -0.488 e. The third-order valence-corrected chi connectivity index (χ3v) is 4.35. The Hall–Kier alpha value is -2.21. The van der Waals surface area contributed by atoms with E-state index >= 15 is 0 Å². The van der Waals surface area contributed by atoms with Crippen molar-refractivity contribution in [2.45, 2.75) is 12.6 Å². The van der Waals surface area contributed by atoms with E-state index in [-0.39, 0.29) is 6.61 Å². The van der Waals surface area contributed by atoms with Crippen molar-refractivity contribution in [3.8, 4) is 16.3 Å². The molecule has 3 aromatic rings. The van der Waals surface area contributed by atoms with Crippen molar-refractivity contribution in [1.29, 1.82) is 0 Å². The van der Waals surface area contributed by atoms with E-state index in [2.05, 4.69) is 4.98 Å². The fraction of sp³-hybridized carbons (Fsp3) is 0.167. The van der Waals surface area contributed by atoms with Crippen LogP contribution in [0.5, 0.6) is 5.75 Å². The molecule has 4 nitrogen and oxygen atoms in total. The predicted molar refractivity (Wildman–Crippen MR) is 92.3 cm³/mol. The summed E-state index contributed by atoms with van der Waals surface area (Å²) in [5, 5.41) is 11.9. The SMILES string of the molecule is NC(CO)c1csc(-c2ccccc2OCc2ccccc2)n1. The molecule has 1 atom stereocenters. The van der Waals surface area contributed by atoms with E-state index in [1.807, 2.05) is 60.0 Å². The number of ether oxygens (including phenoxy) is 1. The molecule has 0 bridgehead atoms. The summed E-state index contributed by atoms with van der Waals surface area (Å²) < 4.78 is 5.96. The second kappa shape index (κ2) is 7.37. The molecule has 1 aromatic heterocycles. The average Bonchev–Trinajstić information content (AvgIpc) is 3.10. The molecule has 2 aromatic carbocycles. The van der Waals surface area contributed by atoms with Gasteiger partial charge in [-0.15, -0.1) is 11.3 Å². The third kappa shape index (κ3) is 3.76. The van der Waals surface area contributed by atoms with Gasteiger partial charge in [-0.25, -0.2) is 4.98 Å². The highest BCUT2D eigenvalue weighted by Gasteiger charge is 2.13. The molecule has 1 unspecified atom stereocenters. The second-order valence-corrected chi connectivity index (χ2v) is 6.00. The standard InChI is InChI=1S/C18H18N2O2S/c19-15(10-21)16-12-23-18(20-16)14-8-4-5-9-17(14)22-11-13-6-2-1-3-7-13/h1-9,12,15,21H,10-11,19H2. The Morgan fingerprint density at radius 2 is 1.83 bits per heavy atom. The molecule has 0 radical (unpaired) electrons. The zero-order valence-corrected chi connectivity index (χ0v) is 13.4. The number of nitrogens with two attached hydrogens (primary N) is 1. The maximum Gasteiger partial charge on any atom is 0.130 e. The minimum atomic E-state index is -0.447. The number of para-hydroxylation sites is 1. The van der Waals surface area contributed by atoms with E-state index in [0.29, 0.717) is 12.3 Å². The van der Waals surface area contributed by atoms with Crippen LogP contribution in [0.3, 0.4) is 0 Å². The summed E-state index contributed by atoms with van der Waals surface area (Å²) in [6, 6.07) is 17.4. The fourth-order valence-electron chi connectivity index (χ4n) is 2.18. The van der Waals surface area contributed by atoms with E-state index < -0.39 is 6.04 Å². The highest BCUT2D eigenvalue weighted by molar-refractivity contribution is 7.13. The smallest absolute Gasteiger partial charge is 0.130 e. The highest BCUT2D eigenvalue weighted by atomic mass is 32.1. The highest BCUT2D eigenvalue weighted by Crippen LogP contribution is 2.33. The monoisotopic (exact) mass is 326 g/mol. The normalized spacial score (nSPS) is 12.1. The molecule has 0 saturated carbocycles. The second-order valence-electron chi connectivity index (χ2n) is 5.14. The number of aromatic nitrogens is 1.